The second-order valence-electron chi connectivity index (χ2n) is 5.75. The molecule has 0 N–H and O–H groups in total. The molecule has 1 aromatic carbocycles. The molecule has 128 valence electrons. The van der Waals surface area contributed by atoms with Gasteiger partial charge in [0.05, 0.1) is 0 Å². The average Bonchev–Trinajstić information content (AvgIpc) is 2.95. The molecule has 1 fully saturated rings. The van der Waals surface area contributed by atoms with E-state index in [4.69, 9.17) is 10.3 Å². The van der Waals surface area contributed by atoms with E-state index in [1.807, 2.05) is 30.3 Å². The Labute approximate surface area is 147 Å². The van der Waals surface area contributed by atoms with Crippen molar-refractivity contribution in [1.29, 1.82) is 0 Å². The van der Waals surface area contributed by atoms with Crippen molar-refractivity contribution in [2.45, 2.75) is 37.4 Å². The van der Waals surface area contributed by atoms with E-state index in [1.165, 1.54) is 0 Å². The summed E-state index contributed by atoms with van der Waals surface area (Å²) in [4.78, 5) is 27.8. The normalized spacial score (nSPS) is 21.1. The molecular weight excluding hydrogens is 373 g/mol. The summed E-state index contributed by atoms with van der Waals surface area (Å²) in [6.45, 7) is 2.30. The van der Waals surface area contributed by atoms with Gasteiger partial charge in [0.15, 0.2) is 0 Å². The second kappa shape index (κ2) is 8.88. The van der Waals surface area contributed by atoms with Crippen molar-refractivity contribution in [2.75, 3.05) is 13.2 Å². The molecular formula is C17H21N3O3Se. The van der Waals surface area contributed by atoms with Gasteiger partial charge in [0.25, 0.3) is 0 Å². The van der Waals surface area contributed by atoms with Crippen molar-refractivity contribution in [1.82, 2.24) is 0 Å². The van der Waals surface area contributed by atoms with E-state index in [0.717, 1.165) is 4.46 Å². The number of hydrogen-bond donors (Lipinski definition) is 0. The Balaban J connectivity index is 2.22. The molecule has 7 heteroatoms. The van der Waals surface area contributed by atoms with Crippen molar-refractivity contribution in [3.8, 4) is 0 Å². The number of benzene rings is 1. The summed E-state index contributed by atoms with van der Waals surface area (Å²) in [5.74, 6) is -0.446. The second-order valence-corrected chi connectivity index (χ2v) is 8.63. The summed E-state index contributed by atoms with van der Waals surface area (Å²) in [6, 6.07) is 9.92. The van der Waals surface area contributed by atoms with E-state index in [9.17, 15) is 9.59 Å². The Morgan fingerprint density at radius 2 is 2.21 bits per heavy atom. The molecule has 1 saturated carbocycles. The zero-order chi connectivity index (χ0) is 17.4. The Morgan fingerprint density at radius 1 is 1.46 bits per heavy atom. The van der Waals surface area contributed by atoms with Gasteiger partial charge < -0.3 is 0 Å². The van der Waals surface area contributed by atoms with Crippen LogP contribution in [0.1, 0.15) is 32.6 Å². The van der Waals surface area contributed by atoms with E-state index >= 15 is 0 Å². The van der Waals surface area contributed by atoms with Crippen molar-refractivity contribution >= 4 is 31.2 Å². The van der Waals surface area contributed by atoms with Gasteiger partial charge in [-0.3, -0.25) is 0 Å². The van der Waals surface area contributed by atoms with Gasteiger partial charge in [0.2, 0.25) is 0 Å². The fourth-order valence-corrected chi connectivity index (χ4v) is 5.60. The number of ketones is 1. The van der Waals surface area contributed by atoms with Gasteiger partial charge in [-0.15, -0.1) is 0 Å². The van der Waals surface area contributed by atoms with E-state index in [1.54, 1.807) is 6.92 Å². The third-order valence-corrected chi connectivity index (χ3v) is 6.68. The third kappa shape index (κ3) is 4.38. The summed E-state index contributed by atoms with van der Waals surface area (Å²) in [5.41, 5.74) is 7.61. The number of ether oxygens (including phenoxy) is 1. The number of rotatable bonds is 8. The molecule has 0 amide bonds. The molecule has 6 nitrogen and oxygen atoms in total. The average molecular weight is 394 g/mol. The topological polar surface area (TPSA) is 92.1 Å². The zero-order valence-corrected chi connectivity index (χ0v) is 15.4. The van der Waals surface area contributed by atoms with Gasteiger partial charge >= 0.3 is 147 Å². The molecule has 0 aromatic heterocycles. The molecule has 2 atom stereocenters. The summed E-state index contributed by atoms with van der Waals surface area (Å²) >= 11 is 0.0117. The molecule has 2 unspecified atom stereocenters. The van der Waals surface area contributed by atoms with Gasteiger partial charge in [-0.25, -0.2) is 0 Å². The van der Waals surface area contributed by atoms with Gasteiger partial charge in [0, 0.05) is 0 Å². The molecule has 0 bridgehead atoms. The van der Waals surface area contributed by atoms with Crippen molar-refractivity contribution in [2.24, 2.45) is 10.5 Å². The number of Topliss-reactive ketones (excluding diaryl/α,β-unsaturated/α-hetero) is 1. The Kier molecular flexibility index (Phi) is 6.85. The van der Waals surface area contributed by atoms with E-state index < -0.39 is 11.4 Å². The van der Waals surface area contributed by atoms with E-state index in [2.05, 4.69) is 10.0 Å². The number of carbonyl (C=O) groups is 2. The number of carbonyl (C=O) groups excluding carboxylic acids is 2. The number of hydrogen-bond acceptors (Lipinski definition) is 4. The maximum absolute atomic E-state index is 12.5. The van der Waals surface area contributed by atoms with Crippen LogP contribution in [0.25, 0.3) is 10.4 Å². The molecule has 0 radical (unpaired) electrons. The van der Waals surface area contributed by atoms with Crippen LogP contribution in [0.2, 0.25) is 4.82 Å². The molecule has 24 heavy (non-hydrogen) atoms. The van der Waals surface area contributed by atoms with Gasteiger partial charge in [-0.1, -0.05) is 0 Å². The quantitative estimate of drug-likeness (QED) is 0.170. The molecule has 0 aliphatic heterocycles. The van der Waals surface area contributed by atoms with Crippen LogP contribution in [0.15, 0.2) is 35.4 Å². The molecule has 1 aliphatic carbocycles. The molecule has 0 heterocycles. The van der Waals surface area contributed by atoms with E-state index in [-0.39, 0.29) is 32.2 Å². The maximum atomic E-state index is 12.5. The van der Waals surface area contributed by atoms with Crippen LogP contribution in [-0.2, 0) is 14.3 Å². The van der Waals surface area contributed by atoms with Crippen molar-refractivity contribution in [3.05, 3.63) is 40.8 Å². The third-order valence-electron chi connectivity index (χ3n) is 4.18. The van der Waals surface area contributed by atoms with Crippen LogP contribution in [-0.4, -0.2) is 39.9 Å². The van der Waals surface area contributed by atoms with Gasteiger partial charge in [-0.2, -0.15) is 0 Å². The Morgan fingerprint density at radius 3 is 2.79 bits per heavy atom. The minimum absolute atomic E-state index is 0.0117. The first-order chi connectivity index (χ1) is 11.6. The molecule has 0 spiro atoms. The summed E-state index contributed by atoms with van der Waals surface area (Å²) in [7, 11) is 0. The molecule has 1 aromatic rings. The van der Waals surface area contributed by atoms with Crippen LogP contribution < -0.4 is 4.46 Å². The fourth-order valence-electron chi connectivity index (χ4n) is 3.07. The monoisotopic (exact) mass is 395 g/mol. The van der Waals surface area contributed by atoms with Gasteiger partial charge in [0.1, 0.15) is 0 Å². The number of azide groups is 1. The van der Waals surface area contributed by atoms with E-state index in [0.29, 0.717) is 32.2 Å². The summed E-state index contributed by atoms with van der Waals surface area (Å²) in [6.07, 6.45) is 2.07. The van der Waals surface area contributed by atoms with Crippen molar-refractivity contribution in [3.63, 3.8) is 0 Å². The minimum atomic E-state index is -1.05. The first-order valence-electron chi connectivity index (χ1n) is 8.05. The SMILES string of the molecule is CCOC(=O)C1(CC(CN=[N+]=[N-])[Se]c2ccccc2)CCCC1=O. The predicted octanol–water partition coefficient (Wildman–Crippen LogP) is 2.81. The van der Waals surface area contributed by atoms with Crippen LogP contribution in [0, 0.1) is 5.41 Å². The van der Waals surface area contributed by atoms with Crippen LogP contribution >= 0.6 is 0 Å². The zero-order valence-electron chi connectivity index (χ0n) is 13.7. The number of esters is 1. The predicted molar refractivity (Wildman–Crippen MR) is 92.1 cm³/mol. The van der Waals surface area contributed by atoms with Gasteiger partial charge in [-0.05, 0) is 0 Å². The molecule has 1 aliphatic rings. The molecule has 2 rings (SSSR count). The Bertz CT molecular complexity index is 631. The van der Waals surface area contributed by atoms with Crippen LogP contribution in [0.3, 0.4) is 0 Å². The Hall–Kier alpha value is -1.81. The standard InChI is InChI=1S/C17H21N3O3Se/c1-2-23-16(22)17(10-6-9-15(17)21)11-14(12-19-20-18)24-13-7-4-3-5-8-13/h3-5,7-8,14H,2,6,9-12H2,1H3. The van der Waals surface area contributed by atoms with Crippen molar-refractivity contribution < 1.29 is 14.3 Å². The first-order valence-corrected chi connectivity index (χ1v) is 9.90. The number of nitrogens with zero attached hydrogens (tertiary/aromatic N) is 3. The molecule has 0 saturated heterocycles. The summed E-state index contributed by atoms with van der Waals surface area (Å²) in [5, 5.41) is 3.70. The fraction of sp³-hybridized carbons (Fsp3) is 0.529. The summed E-state index contributed by atoms with van der Waals surface area (Å²) < 4.78 is 6.36. The van der Waals surface area contributed by atoms with Crippen LogP contribution in [0.5, 0.6) is 0 Å². The van der Waals surface area contributed by atoms with Crippen LogP contribution in [0.4, 0.5) is 0 Å². The first kappa shape index (κ1) is 18.5.